The van der Waals surface area contributed by atoms with E-state index in [0.29, 0.717) is 31.7 Å². The van der Waals surface area contributed by atoms with Crippen LogP contribution >= 0.6 is 0 Å². The van der Waals surface area contributed by atoms with Crippen LogP contribution in [0.4, 0.5) is 10.5 Å². The molecule has 9 heteroatoms. The Morgan fingerprint density at radius 2 is 1.57 bits per heavy atom. The van der Waals surface area contributed by atoms with E-state index in [-0.39, 0.29) is 17.9 Å². The maximum Gasteiger partial charge on any atom is 0.410 e. The van der Waals surface area contributed by atoms with Gasteiger partial charge in [-0.1, -0.05) is 0 Å². The Morgan fingerprint density at radius 3 is 2.14 bits per heavy atom. The molecule has 1 aromatic carbocycles. The van der Waals surface area contributed by atoms with E-state index >= 15 is 0 Å². The lowest BCUT2D eigenvalue weighted by Crippen LogP contribution is -2.49. The van der Waals surface area contributed by atoms with E-state index in [1.54, 1.807) is 18.2 Å². The first-order valence-corrected chi connectivity index (χ1v) is 12.3. The average molecular weight is 484 g/mol. The number of piperazine rings is 1. The molecule has 35 heavy (non-hydrogen) atoms. The van der Waals surface area contributed by atoms with Crippen LogP contribution in [0.5, 0.6) is 5.75 Å². The number of carbonyl (C=O) groups excluding carboxylic acids is 2. The predicted molar refractivity (Wildman–Crippen MR) is 134 cm³/mol. The topological polar surface area (TPSA) is 80.1 Å². The van der Waals surface area contributed by atoms with Crippen LogP contribution in [0.25, 0.3) is 0 Å². The smallest absolute Gasteiger partial charge is 0.410 e. The SMILES string of the molecule is COc1ccc(N2CCN(C(=O)c3cnn(C)c3C3CCN(C(=O)OC(C)(C)C)CC3)CC2)cc1. The zero-order chi connectivity index (χ0) is 25.2. The average Bonchev–Trinajstić information content (AvgIpc) is 3.24. The summed E-state index contributed by atoms with van der Waals surface area (Å²) in [6.07, 6.45) is 2.99. The van der Waals surface area contributed by atoms with Crippen molar-refractivity contribution >= 4 is 17.7 Å². The Balaban J connectivity index is 1.37. The summed E-state index contributed by atoms with van der Waals surface area (Å²) in [5.74, 6) is 1.06. The summed E-state index contributed by atoms with van der Waals surface area (Å²) >= 11 is 0. The Kier molecular flexibility index (Phi) is 7.23. The van der Waals surface area contributed by atoms with Crippen LogP contribution in [0.3, 0.4) is 0 Å². The van der Waals surface area contributed by atoms with Gasteiger partial charge in [0, 0.05) is 57.9 Å². The van der Waals surface area contributed by atoms with Crippen molar-refractivity contribution in [3.05, 3.63) is 41.7 Å². The molecule has 0 bridgehead atoms. The number of anilines is 1. The van der Waals surface area contributed by atoms with Crippen LogP contribution in [0.1, 0.15) is 55.6 Å². The maximum atomic E-state index is 13.5. The number of nitrogens with zero attached hydrogens (tertiary/aromatic N) is 5. The molecule has 4 rings (SSSR count). The van der Waals surface area contributed by atoms with Crippen molar-refractivity contribution in [3.8, 4) is 5.75 Å². The van der Waals surface area contributed by atoms with Gasteiger partial charge in [0.1, 0.15) is 11.4 Å². The van der Waals surface area contributed by atoms with Crippen molar-refractivity contribution in [2.45, 2.75) is 45.1 Å². The molecular formula is C26H37N5O4. The normalized spacial score (nSPS) is 17.5. The zero-order valence-corrected chi connectivity index (χ0v) is 21.5. The minimum Gasteiger partial charge on any atom is -0.497 e. The van der Waals surface area contributed by atoms with E-state index in [1.807, 2.05) is 49.5 Å². The van der Waals surface area contributed by atoms with Crippen molar-refractivity contribution in [2.24, 2.45) is 7.05 Å². The number of carbonyl (C=O) groups is 2. The molecule has 2 aliphatic heterocycles. The number of likely N-dealkylation sites (tertiary alicyclic amines) is 1. The molecule has 9 nitrogen and oxygen atoms in total. The molecule has 2 aliphatic rings. The van der Waals surface area contributed by atoms with Gasteiger partial charge in [0.15, 0.2) is 0 Å². The molecule has 0 spiro atoms. The number of hydrogen-bond donors (Lipinski definition) is 0. The van der Waals surface area contributed by atoms with Gasteiger partial charge in [-0.15, -0.1) is 0 Å². The number of ether oxygens (including phenoxy) is 2. The monoisotopic (exact) mass is 483 g/mol. The number of amides is 2. The fourth-order valence-corrected chi connectivity index (χ4v) is 4.89. The van der Waals surface area contributed by atoms with Crippen LogP contribution in [0, 0.1) is 0 Å². The molecule has 2 saturated heterocycles. The molecular weight excluding hydrogens is 446 g/mol. The lowest BCUT2D eigenvalue weighted by molar-refractivity contribution is 0.0202. The highest BCUT2D eigenvalue weighted by Crippen LogP contribution is 2.31. The first-order chi connectivity index (χ1) is 16.7. The van der Waals surface area contributed by atoms with Gasteiger partial charge in [-0.2, -0.15) is 5.10 Å². The molecule has 2 fully saturated rings. The molecule has 0 atom stereocenters. The zero-order valence-electron chi connectivity index (χ0n) is 21.5. The minimum atomic E-state index is -0.507. The van der Waals surface area contributed by atoms with Crippen molar-refractivity contribution in [3.63, 3.8) is 0 Å². The number of hydrogen-bond acceptors (Lipinski definition) is 6. The molecule has 0 saturated carbocycles. The summed E-state index contributed by atoms with van der Waals surface area (Å²) in [6.45, 7) is 9.74. The number of rotatable bonds is 4. The summed E-state index contributed by atoms with van der Waals surface area (Å²) < 4.78 is 12.6. The third kappa shape index (κ3) is 5.71. The fraction of sp³-hybridized carbons (Fsp3) is 0.577. The van der Waals surface area contributed by atoms with Gasteiger partial charge in [-0.3, -0.25) is 9.48 Å². The van der Waals surface area contributed by atoms with Crippen LogP contribution in [-0.4, -0.2) is 83.6 Å². The number of benzene rings is 1. The highest BCUT2D eigenvalue weighted by atomic mass is 16.6. The van der Waals surface area contributed by atoms with Crippen molar-refractivity contribution in [1.82, 2.24) is 19.6 Å². The van der Waals surface area contributed by atoms with Gasteiger partial charge < -0.3 is 24.2 Å². The van der Waals surface area contributed by atoms with E-state index < -0.39 is 5.60 Å². The molecule has 0 N–H and O–H groups in total. The fourth-order valence-electron chi connectivity index (χ4n) is 4.89. The highest BCUT2D eigenvalue weighted by Gasteiger charge is 2.33. The summed E-state index contributed by atoms with van der Waals surface area (Å²) in [5.41, 5.74) is 2.28. The maximum absolute atomic E-state index is 13.5. The number of piperidine rings is 1. The molecule has 3 heterocycles. The molecule has 0 unspecified atom stereocenters. The second kappa shape index (κ2) is 10.2. The van der Waals surface area contributed by atoms with Gasteiger partial charge in [0.05, 0.1) is 24.6 Å². The van der Waals surface area contributed by atoms with Crippen molar-refractivity contribution in [2.75, 3.05) is 51.3 Å². The van der Waals surface area contributed by atoms with E-state index in [9.17, 15) is 9.59 Å². The van der Waals surface area contributed by atoms with E-state index in [4.69, 9.17) is 9.47 Å². The molecule has 2 aromatic rings. The Bertz CT molecular complexity index is 1030. The molecule has 2 amide bonds. The lowest BCUT2D eigenvalue weighted by Gasteiger charge is -2.37. The van der Waals surface area contributed by atoms with Crippen LogP contribution in [-0.2, 0) is 11.8 Å². The molecule has 1 aromatic heterocycles. The van der Waals surface area contributed by atoms with Gasteiger partial charge in [0.2, 0.25) is 0 Å². The summed E-state index contributed by atoms with van der Waals surface area (Å²) in [5, 5.41) is 4.43. The van der Waals surface area contributed by atoms with Gasteiger partial charge in [-0.25, -0.2) is 4.79 Å². The van der Waals surface area contributed by atoms with Crippen LogP contribution < -0.4 is 9.64 Å². The summed E-state index contributed by atoms with van der Waals surface area (Å²) in [6, 6.07) is 8.03. The Hall–Kier alpha value is -3.23. The summed E-state index contributed by atoms with van der Waals surface area (Å²) in [7, 11) is 3.56. The largest absolute Gasteiger partial charge is 0.497 e. The third-order valence-electron chi connectivity index (χ3n) is 6.75. The second-order valence-electron chi connectivity index (χ2n) is 10.3. The lowest BCUT2D eigenvalue weighted by atomic mass is 9.91. The van der Waals surface area contributed by atoms with Crippen LogP contribution in [0.2, 0.25) is 0 Å². The molecule has 190 valence electrons. The van der Waals surface area contributed by atoms with Crippen LogP contribution in [0.15, 0.2) is 30.5 Å². The second-order valence-corrected chi connectivity index (χ2v) is 10.3. The number of aromatic nitrogens is 2. The van der Waals surface area contributed by atoms with Gasteiger partial charge >= 0.3 is 6.09 Å². The van der Waals surface area contributed by atoms with Crippen molar-refractivity contribution < 1.29 is 19.1 Å². The number of methoxy groups -OCH3 is 1. The van der Waals surface area contributed by atoms with Gasteiger partial charge in [0.25, 0.3) is 5.91 Å². The highest BCUT2D eigenvalue weighted by molar-refractivity contribution is 5.95. The molecule has 0 aliphatic carbocycles. The van der Waals surface area contributed by atoms with Crippen molar-refractivity contribution in [1.29, 1.82) is 0 Å². The predicted octanol–water partition coefficient (Wildman–Crippen LogP) is 3.51. The molecule has 0 radical (unpaired) electrons. The summed E-state index contributed by atoms with van der Waals surface area (Å²) in [4.78, 5) is 31.9. The van der Waals surface area contributed by atoms with E-state index in [0.717, 1.165) is 43.1 Å². The first kappa shape index (κ1) is 24.9. The standard InChI is InChI=1S/C26H37N5O4/c1-26(2,3)35-25(33)31-12-10-19(11-13-31)23-22(18-27-28(23)4)24(32)30-16-14-29(15-17-30)20-6-8-21(34-5)9-7-20/h6-9,18-19H,10-17H2,1-5H3. The first-order valence-electron chi connectivity index (χ1n) is 12.3. The van der Waals surface area contributed by atoms with E-state index in [1.165, 1.54) is 0 Å². The number of aryl methyl sites for hydroxylation is 1. The Morgan fingerprint density at radius 1 is 0.943 bits per heavy atom. The Labute approximate surface area is 207 Å². The third-order valence-corrected chi connectivity index (χ3v) is 6.75. The van der Waals surface area contributed by atoms with Gasteiger partial charge in [-0.05, 0) is 57.9 Å². The van der Waals surface area contributed by atoms with E-state index in [2.05, 4.69) is 22.1 Å². The minimum absolute atomic E-state index is 0.0389. The quantitative estimate of drug-likeness (QED) is 0.662.